The van der Waals surface area contributed by atoms with Crippen molar-refractivity contribution in [2.45, 2.75) is 77.3 Å². The van der Waals surface area contributed by atoms with Crippen molar-refractivity contribution in [1.82, 2.24) is 4.90 Å². The smallest absolute Gasteiger partial charge is 0.0135 e. The van der Waals surface area contributed by atoms with Gasteiger partial charge in [-0.15, -0.1) is 0 Å². The zero-order valence-corrected chi connectivity index (χ0v) is 12.6. The highest BCUT2D eigenvalue weighted by atomic mass is 15.2. The van der Waals surface area contributed by atoms with Crippen molar-refractivity contribution in [3.8, 4) is 0 Å². The molecule has 0 bridgehead atoms. The van der Waals surface area contributed by atoms with Crippen LogP contribution in [0.3, 0.4) is 0 Å². The molecule has 0 radical (unpaired) electrons. The van der Waals surface area contributed by atoms with Crippen LogP contribution in [-0.2, 0) is 0 Å². The summed E-state index contributed by atoms with van der Waals surface area (Å²) in [7, 11) is 2.36. The Morgan fingerprint density at radius 2 is 1.83 bits per heavy atom. The number of hydrogen-bond acceptors (Lipinski definition) is 2. The average Bonchev–Trinajstić information content (AvgIpc) is 2.73. The normalized spacial score (nSPS) is 36.8. The molecule has 0 aliphatic heterocycles. The lowest BCUT2D eigenvalue weighted by Gasteiger charge is -2.36. The fourth-order valence-electron chi connectivity index (χ4n) is 4.15. The summed E-state index contributed by atoms with van der Waals surface area (Å²) in [5.41, 5.74) is 6.51. The Balaban J connectivity index is 1.94. The fourth-order valence-corrected chi connectivity index (χ4v) is 4.15. The van der Waals surface area contributed by atoms with Gasteiger partial charge in [0.25, 0.3) is 0 Å². The quantitative estimate of drug-likeness (QED) is 0.780. The van der Waals surface area contributed by atoms with E-state index in [2.05, 4.69) is 25.8 Å². The molecule has 3 unspecified atom stereocenters. The lowest BCUT2D eigenvalue weighted by molar-refractivity contribution is 0.127. The summed E-state index contributed by atoms with van der Waals surface area (Å²) >= 11 is 0. The molecule has 106 valence electrons. The monoisotopic (exact) mass is 252 g/mol. The molecule has 0 aromatic heterocycles. The van der Waals surface area contributed by atoms with Crippen molar-refractivity contribution in [3.05, 3.63) is 0 Å². The summed E-state index contributed by atoms with van der Waals surface area (Å²) in [5, 5.41) is 0. The molecule has 0 saturated heterocycles. The van der Waals surface area contributed by atoms with Crippen LogP contribution in [0.25, 0.3) is 0 Å². The van der Waals surface area contributed by atoms with Crippen LogP contribution < -0.4 is 5.73 Å². The van der Waals surface area contributed by atoms with Crippen molar-refractivity contribution < 1.29 is 0 Å². The van der Waals surface area contributed by atoms with Gasteiger partial charge in [0, 0.05) is 12.1 Å². The minimum Gasteiger partial charge on any atom is -0.330 e. The third-order valence-corrected chi connectivity index (χ3v) is 5.57. The van der Waals surface area contributed by atoms with Crippen molar-refractivity contribution in [3.63, 3.8) is 0 Å². The molecule has 2 nitrogen and oxygen atoms in total. The molecule has 18 heavy (non-hydrogen) atoms. The SMILES string of the molecule is CN(C1CCCC(C)(C)CC1)C1CCCC1CN. The van der Waals surface area contributed by atoms with Crippen molar-refractivity contribution >= 4 is 0 Å². The summed E-state index contributed by atoms with van der Waals surface area (Å²) < 4.78 is 0. The first kappa shape index (κ1) is 14.3. The molecule has 0 heterocycles. The van der Waals surface area contributed by atoms with Crippen LogP contribution in [-0.4, -0.2) is 30.6 Å². The van der Waals surface area contributed by atoms with E-state index in [1.165, 1.54) is 51.4 Å². The van der Waals surface area contributed by atoms with E-state index in [0.29, 0.717) is 5.41 Å². The third kappa shape index (κ3) is 3.27. The predicted octanol–water partition coefficient (Wildman–Crippen LogP) is 3.40. The van der Waals surface area contributed by atoms with Gasteiger partial charge in [-0.05, 0) is 63.5 Å². The van der Waals surface area contributed by atoms with Crippen LogP contribution in [0.4, 0.5) is 0 Å². The highest BCUT2D eigenvalue weighted by molar-refractivity contribution is 4.89. The topological polar surface area (TPSA) is 29.3 Å². The van der Waals surface area contributed by atoms with E-state index in [4.69, 9.17) is 5.73 Å². The zero-order chi connectivity index (χ0) is 13.2. The zero-order valence-electron chi connectivity index (χ0n) is 12.6. The second-order valence-electron chi connectivity index (χ2n) is 7.41. The second kappa shape index (κ2) is 5.92. The first-order valence-electron chi connectivity index (χ1n) is 7.95. The molecule has 0 aromatic carbocycles. The first-order valence-corrected chi connectivity index (χ1v) is 7.95. The molecule has 0 amide bonds. The number of nitrogens with zero attached hydrogens (tertiary/aromatic N) is 1. The maximum absolute atomic E-state index is 5.94. The summed E-state index contributed by atoms with van der Waals surface area (Å²) in [5.74, 6) is 0.756. The van der Waals surface area contributed by atoms with Crippen LogP contribution in [0.2, 0.25) is 0 Å². The highest BCUT2D eigenvalue weighted by Crippen LogP contribution is 2.37. The van der Waals surface area contributed by atoms with Crippen molar-refractivity contribution in [2.24, 2.45) is 17.1 Å². The summed E-state index contributed by atoms with van der Waals surface area (Å²) in [6, 6.07) is 1.57. The molecule has 2 saturated carbocycles. The lowest BCUT2D eigenvalue weighted by atomic mass is 9.85. The van der Waals surface area contributed by atoms with Crippen LogP contribution >= 0.6 is 0 Å². The maximum atomic E-state index is 5.94. The fraction of sp³-hybridized carbons (Fsp3) is 1.00. The van der Waals surface area contributed by atoms with Gasteiger partial charge in [-0.2, -0.15) is 0 Å². The molecule has 2 heteroatoms. The van der Waals surface area contributed by atoms with E-state index in [9.17, 15) is 0 Å². The molecule has 2 N–H and O–H groups in total. The first-order chi connectivity index (χ1) is 8.53. The van der Waals surface area contributed by atoms with E-state index in [1.807, 2.05) is 0 Å². The van der Waals surface area contributed by atoms with Gasteiger partial charge in [0.15, 0.2) is 0 Å². The lowest BCUT2D eigenvalue weighted by Crippen LogP contribution is -2.43. The molecule has 2 aliphatic rings. The number of hydrogen-bond donors (Lipinski definition) is 1. The van der Waals surface area contributed by atoms with Crippen LogP contribution in [0.15, 0.2) is 0 Å². The Morgan fingerprint density at radius 1 is 1.06 bits per heavy atom. The molecule has 2 fully saturated rings. The van der Waals surface area contributed by atoms with Crippen molar-refractivity contribution in [1.29, 1.82) is 0 Å². The van der Waals surface area contributed by atoms with Gasteiger partial charge in [0.1, 0.15) is 0 Å². The Hall–Kier alpha value is -0.0800. The summed E-state index contributed by atoms with van der Waals surface area (Å²) in [6.07, 6.45) is 11.1. The van der Waals surface area contributed by atoms with Gasteiger partial charge < -0.3 is 10.6 Å². The van der Waals surface area contributed by atoms with Crippen LogP contribution in [0.5, 0.6) is 0 Å². The molecule has 3 atom stereocenters. The largest absolute Gasteiger partial charge is 0.330 e. The van der Waals surface area contributed by atoms with Crippen molar-refractivity contribution in [2.75, 3.05) is 13.6 Å². The Kier molecular flexibility index (Phi) is 4.71. The maximum Gasteiger partial charge on any atom is 0.0135 e. The van der Waals surface area contributed by atoms with Gasteiger partial charge in [-0.1, -0.05) is 26.7 Å². The molecule has 0 aromatic rings. The Labute approximate surface area is 113 Å². The molecule has 0 spiro atoms. The third-order valence-electron chi connectivity index (χ3n) is 5.57. The van der Waals surface area contributed by atoms with Gasteiger partial charge in [-0.25, -0.2) is 0 Å². The van der Waals surface area contributed by atoms with E-state index < -0.39 is 0 Å². The second-order valence-corrected chi connectivity index (χ2v) is 7.41. The average molecular weight is 252 g/mol. The van der Waals surface area contributed by atoms with Gasteiger partial charge in [0.2, 0.25) is 0 Å². The van der Waals surface area contributed by atoms with Gasteiger partial charge in [0.05, 0.1) is 0 Å². The number of rotatable bonds is 3. The molecular weight excluding hydrogens is 220 g/mol. The Bertz CT molecular complexity index is 262. The summed E-state index contributed by atoms with van der Waals surface area (Å²) in [6.45, 7) is 5.76. The summed E-state index contributed by atoms with van der Waals surface area (Å²) in [4.78, 5) is 2.70. The van der Waals surface area contributed by atoms with Crippen LogP contribution in [0, 0.1) is 11.3 Å². The Morgan fingerprint density at radius 3 is 2.56 bits per heavy atom. The van der Waals surface area contributed by atoms with Gasteiger partial charge >= 0.3 is 0 Å². The van der Waals surface area contributed by atoms with Crippen LogP contribution in [0.1, 0.15) is 65.2 Å². The molecule has 2 rings (SSSR count). The van der Waals surface area contributed by atoms with E-state index >= 15 is 0 Å². The number of nitrogens with two attached hydrogens (primary N) is 1. The predicted molar refractivity (Wildman–Crippen MR) is 78.6 cm³/mol. The highest BCUT2D eigenvalue weighted by Gasteiger charge is 2.34. The minimum atomic E-state index is 0.568. The standard InChI is InChI=1S/C16H32N2/c1-16(2)10-5-7-14(9-11-16)18(3)15-8-4-6-13(15)12-17/h13-15H,4-12,17H2,1-3H3. The van der Waals surface area contributed by atoms with Gasteiger partial charge in [-0.3, -0.25) is 0 Å². The van der Waals surface area contributed by atoms with E-state index in [0.717, 1.165) is 24.5 Å². The molecule has 2 aliphatic carbocycles. The minimum absolute atomic E-state index is 0.568. The van der Waals surface area contributed by atoms with E-state index in [1.54, 1.807) is 0 Å². The van der Waals surface area contributed by atoms with E-state index in [-0.39, 0.29) is 0 Å². The molecular formula is C16H32N2.